The number of imidazole rings is 2. The number of esters is 2. The number of methoxy groups -OCH3 is 1. The monoisotopic (exact) mass is 1100 g/mol. The Kier molecular flexibility index (Phi) is 19.5. The molecular formula is C53H62F2N12O10S. The van der Waals surface area contributed by atoms with Crippen molar-refractivity contribution < 1.29 is 55.4 Å². The van der Waals surface area contributed by atoms with E-state index in [-0.39, 0.29) is 36.2 Å². The molecule has 3 aromatic heterocycles. The molecule has 6 rings (SSSR count). The molecule has 3 aromatic carbocycles. The molecule has 0 saturated carbocycles. The summed E-state index contributed by atoms with van der Waals surface area (Å²) in [5.74, 6) is -8.38. The Bertz CT molecular complexity index is 3240. The van der Waals surface area contributed by atoms with Crippen molar-refractivity contribution in [3.63, 3.8) is 0 Å². The normalized spacial score (nSPS) is 12.7. The lowest BCUT2D eigenvalue weighted by Crippen LogP contribution is -2.47. The number of aromatic nitrogens is 5. The fourth-order valence-corrected chi connectivity index (χ4v) is 8.58. The lowest BCUT2D eigenvalue weighted by molar-refractivity contribution is -0.181. The second kappa shape index (κ2) is 26.0. The number of para-hydroxylation sites is 2. The van der Waals surface area contributed by atoms with E-state index < -0.39 is 77.1 Å². The number of anilines is 4. The molecule has 414 valence electrons. The Morgan fingerprint density at radius 3 is 1.94 bits per heavy atom. The summed E-state index contributed by atoms with van der Waals surface area (Å²) in [4.78, 5) is 92.3. The fourth-order valence-electron chi connectivity index (χ4n) is 7.89. The quantitative estimate of drug-likeness (QED) is 0.0281. The molecule has 3 unspecified atom stereocenters. The Morgan fingerprint density at radius 2 is 1.33 bits per heavy atom. The molecule has 0 fully saturated rings. The number of carbonyl (C=O) groups excluding carboxylic acids is 6. The van der Waals surface area contributed by atoms with Gasteiger partial charge in [0.1, 0.15) is 17.6 Å². The number of likely N-dealkylation sites (N-methyl/N-ethyl adjacent to an activating group) is 1. The molecule has 0 bridgehead atoms. The summed E-state index contributed by atoms with van der Waals surface area (Å²) in [5.41, 5.74) is 4.98. The highest BCUT2D eigenvalue weighted by molar-refractivity contribution is 7.88. The van der Waals surface area contributed by atoms with Crippen molar-refractivity contribution >= 4 is 68.7 Å². The summed E-state index contributed by atoms with van der Waals surface area (Å²) >= 11 is 0. The summed E-state index contributed by atoms with van der Waals surface area (Å²) < 4.78 is 70.0. The number of halogens is 2. The van der Waals surface area contributed by atoms with Crippen LogP contribution in [0.5, 0.6) is 5.75 Å². The van der Waals surface area contributed by atoms with E-state index in [1.54, 1.807) is 55.5 Å². The molecule has 0 saturated heterocycles. The van der Waals surface area contributed by atoms with E-state index in [0.29, 0.717) is 46.1 Å². The molecule has 0 aliphatic heterocycles. The number of urea groups is 2. The van der Waals surface area contributed by atoms with E-state index in [2.05, 4.69) is 46.3 Å². The predicted molar refractivity (Wildman–Crippen MR) is 286 cm³/mol. The number of carbonyl (C=O) groups is 6. The van der Waals surface area contributed by atoms with Gasteiger partial charge in [-0.15, -0.1) is 0 Å². The minimum Gasteiger partial charge on any atom is -0.495 e. The zero-order valence-electron chi connectivity index (χ0n) is 44.2. The number of aryl methyl sites for hydroxylation is 2. The molecule has 0 aliphatic carbocycles. The highest BCUT2D eigenvalue weighted by Crippen LogP contribution is 2.28. The van der Waals surface area contributed by atoms with E-state index in [1.807, 2.05) is 56.7 Å². The lowest BCUT2D eigenvalue weighted by atomic mass is 10.0. The average Bonchev–Trinajstić information content (AvgIpc) is 4.05. The van der Waals surface area contributed by atoms with Crippen molar-refractivity contribution in [3.8, 4) is 5.75 Å². The molecule has 6 aromatic rings. The molecule has 78 heavy (non-hydrogen) atoms. The van der Waals surface area contributed by atoms with Crippen LogP contribution in [0, 0.1) is 19.8 Å². The van der Waals surface area contributed by atoms with Crippen LogP contribution in [0.2, 0.25) is 0 Å². The zero-order chi connectivity index (χ0) is 56.9. The Hall–Kier alpha value is -8.58. The van der Waals surface area contributed by atoms with Crippen molar-refractivity contribution in [2.24, 2.45) is 5.92 Å². The standard InChI is InChI=1S/C53H62F2N12O10S/c1-32(2)21-41(59-47(68)23-36-17-19-40(45(22-36)76-7)62-51(72)60-38-15-11-9-13-33(38)3)43-27-66(30-58-43)28-44(64-78(8,74)75)49(70)77-50(71)53(54,55)29-67-26-42(57-31-67)35(5)65(6)48(69)24-37-18-20-46(56-25-37)63-52(73)61-39-16-12-10-14-34(39)4/h9-20,22,25-27,30-32,35,41,44,64H,21,23-24,28-29H2,1-8H3,(H,59,68)(H2,60,62,72)(H2,56,61,63,73). The third-order valence-electron chi connectivity index (χ3n) is 12.1. The van der Waals surface area contributed by atoms with E-state index in [4.69, 9.17) is 4.74 Å². The molecule has 22 nitrogen and oxygen atoms in total. The number of amides is 6. The largest absolute Gasteiger partial charge is 0.495 e. The summed E-state index contributed by atoms with van der Waals surface area (Å²) in [6, 6.07) is 18.3. The van der Waals surface area contributed by atoms with Crippen LogP contribution in [0.1, 0.15) is 72.9 Å². The molecule has 6 N–H and O–H groups in total. The van der Waals surface area contributed by atoms with Gasteiger partial charge in [-0.1, -0.05) is 62.4 Å². The van der Waals surface area contributed by atoms with Gasteiger partial charge in [0.05, 0.1) is 81.1 Å². The second-order valence-electron chi connectivity index (χ2n) is 19.0. The van der Waals surface area contributed by atoms with E-state index in [9.17, 15) is 37.2 Å². The van der Waals surface area contributed by atoms with Gasteiger partial charge in [-0.2, -0.15) is 13.5 Å². The van der Waals surface area contributed by atoms with Crippen molar-refractivity contribution in [2.75, 3.05) is 41.7 Å². The van der Waals surface area contributed by atoms with E-state index in [1.165, 1.54) is 54.6 Å². The maximum absolute atomic E-state index is 15.5. The third kappa shape index (κ3) is 17.0. The van der Waals surface area contributed by atoms with Gasteiger partial charge in [0, 0.05) is 37.0 Å². The highest BCUT2D eigenvalue weighted by Gasteiger charge is 2.44. The van der Waals surface area contributed by atoms with Gasteiger partial charge in [0.25, 0.3) is 0 Å². The van der Waals surface area contributed by atoms with Crippen molar-refractivity contribution in [3.05, 3.63) is 144 Å². The summed E-state index contributed by atoms with van der Waals surface area (Å²) in [7, 11) is -1.27. The number of hydrogen-bond donors (Lipinski definition) is 6. The Balaban J connectivity index is 1.02. The first-order valence-electron chi connectivity index (χ1n) is 24.4. The maximum atomic E-state index is 15.5. The summed E-state index contributed by atoms with van der Waals surface area (Å²) in [6.07, 6.45) is 7.27. The van der Waals surface area contributed by atoms with E-state index >= 15 is 8.78 Å². The second-order valence-corrected chi connectivity index (χ2v) is 20.8. The van der Waals surface area contributed by atoms with Crippen LogP contribution in [0.3, 0.4) is 0 Å². The van der Waals surface area contributed by atoms with E-state index in [0.717, 1.165) is 28.3 Å². The third-order valence-corrected chi connectivity index (χ3v) is 12.8. The summed E-state index contributed by atoms with van der Waals surface area (Å²) in [5, 5.41) is 13.9. The number of rotatable bonds is 23. The minimum atomic E-state index is -4.32. The number of alkyl halides is 2. The molecule has 0 aliphatic rings. The van der Waals surface area contributed by atoms with Gasteiger partial charge in [0.2, 0.25) is 21.8 Å². The lowest BCUT2D eigenvalue weighted by Gasteiger charge is -2.23. The van der Waals surface area contributed by atoms with Crippen LogP contribution < -0.4 is 36.0 Å². The molecule has 6 amide bonds. The topological polar surface area (TPSA) is 279 Å². The number of nitrogens with one attached hydrogen (secondary N) is 6. The minimum absolute atomic E-state index is 0.0397. The fraction of sp³-hybridized carbons (Fsp3) is 0.340. The van der Waals surface area contributed by atoms with Gasteiger partial charge in [-0.05, 0) is 85.7 Å². The number of hydrogen-bond acceptors (Lipinski definition) is 13. The molecular weight excluding hydrogens is 1030 g/mol. The van der Waals surface area contributed by atoms with Gasteiger partial charge < -0.3 is 44.8 Å². The zero-order valence-corrected chi connectivity index (χ0v) is 45.0. The van der Waals surface area contributed by atoms with Gasteiger partial charge in [-0.25, -0.2) is 42.5 Å². The molecule has 0 spiro atoms. The van der Waals surface area contributed by atoms with Crippen molar-refractivity contribution in [1.82, 2.24) is 39.0 Å². The Labute approximate surface area is 449 Å². The van der Waals surface area contributed by atoms with Gasteiger partial charge in [-0.3, -0.25) is 14.9 Å². The first kappa shape index (κ1) is 58.7. The van der Waals surface area contributed by atoms with Gasteiger partial charge in [0.15, 0.2) is 0 Å². The molecule has 0 radical (unpaired) electrons. The molecule has 3 atom stereocenters. The number of pyridine rings is 1. The number of nitrogens with zero attached hydrogens (tertiary/aromatic N) is 6. The summed E-state index contributed by atoms with van der Waals surface area (Å²) in [6.45, 7) is 7.29. The van der Waals surface area contributed by atoms with Crippen molar-refractivity contribution in [1.29, 1.82) is 0 Å². The van der Waals surface area contributed by atoms with Crippen LogP contribution in [0.15, 0.2) is 110 Å². The smallest absolute Gasteiger partial charge is 0.386 e. The Morgan fingerprint density at radius 1 is 0.744 bits per heavy atom. The van der Waals surface area contributed by atoms with Crippen LogP contribution in [-0.4, -0.2) is 106 Å². The predicted octanol–water partition coefficient (Wildman–Crippen LogP) is 6.92. The number of sulfonamides is 1. The highest BCUT2D eigenvalue weighted by atomic mass is 32.2. The average molecular weight is 1100 g/mol. The maximum Gasteiger partial charge on any atom is 0.386 e. The first-order valence-corrected chi connectivity index (χ1v) is 26.3. The van der Waals surface area contributed by atoms with Crippen molar-refractivity contribution in [2.45, 2.75) is 91.0 Å². The van der Waals surface area contributed by atoms with Crippen LogP contribution in [0.25, 0.3) is 0 Å². The SMILES string of the molecule is COc1cc(CC(=O)NC(CC(C)C)c2cn(CC(NS(C)(=O)=O)C(=O)OC(=O)C(F)(F)Cn3cnc(C(C)N(C)C(=O)Cc4ccc(NC(=O)Nc5ccccc5C)nc4)c3)cn2)ccc1NC(=O)Nc1ccccc1C. The van der Waals surface area contributed by atoms with Gasteiger partial charge >= 0.3 is 29.9 Å². The molecule has 3 heterocycles. The first-order chi connectivity index (χ1) is 36.9. The molecule has 25 heteroatoms. The van der Waals surface area contributed by atoms with Crippen LogP contribution in [0.4, 0.5) is 41.2 Å². The number of ether oxygens (including phenoxy) is 2. The van der Waals surface area contributed by atoms with Crippen LogP contribution in [-0.2, 0) is 59.9 Å². The van der Waals surface area contributed by atoms with Crippen LogP contribution >= 0.6 is 0 Å². The number of benzene rings is 3.